The van der Waals surface area contributed by atoms with E-state index in [4.69, 9.17) is 14.6 Å². The Hall–Kier alpha value is -1.73. The van der Waals surface area contributed by atoms with Crippen LogP contribution in [0.25, 0.3) is 0 Å². The molecule has 3 fully saturated rings. The van der Waals surface area contributed by atoms with Gasteiger partial charge in [-0.1, -0.05) is 20.4 Å². The van der Waals surface area contributed by atoms with Crippen LogP contribution in [0.4, 0.5) is 0 Å². The number of ether oxygens (including phenoxy) is 2. The second-order valence-electron chi connectivity index (χ2n) is 8.42. The third-order valence-corrected chi connectivity index (χ3v) is 6.90. The zero-order chi connectivity index (χ0) is 19.9. The minimum atomic E-state index is -0.696. The Morgan fingerprint density at radius 2 is 2.15 bits per heavy atom. The van der Waals surface area contributed by atoms with Crippen LogP contribution in [0.5, 0.6) is 0 Å². The van der Waals surface area contributed by atoms with Crippen molar-refractivity contribution in [2.75, 3.05) is 6.61 Å². The number of carbonyl (C=O) groups is 3. The normalized spacial score (nSPS) is 43.3. The first kappa shape index (κ1) is 20.0. The SMILES string of the molecule is C=C(CCO)C(=O)O[C@H]1C[C@]2(C)C([C@H]3OC(=O)[C@@H](C)C31)[C@@H](C=O)CC[C@H]2O. The summed E-state index contributed by atoms with van der Waals surface area (Å²) in [4.78, 5) is 36.4. The summed E-state index contributed by atoms with van der Waals surface area (Å²) in [6, 6.07) is 0. The van der Waals surface area contributed by atoms with Crippen molar-refractivity contribution in [3.05, 3.63) is 12.2 Å². The molecule has 0 aromatic heterocycles. The molecule has 0 radical (unpaired) electrons. The number of esters is 2. The maximum absolute atomic E-state index is 12.4. The van der Waals surface area contributed by atoms with Gasteiger partial charge in [-0.2, -0.15) is 0 Å². The fourth-order valence-corrected chi connectivity index (χ4v) is 5.37. The molecule has 1 saturated heterocycles. The molecule has 27 heavy (non-hydrogen) atoms. The minimum Gasteiger partial charge on any atom is -0.461 e. The molecule has 0 spiro atoms. The van der Waals surface area contributed by atoms with Gasteiger partial charge < -0.3 is 24.5 Å². The standard InChI is InChI=1S/C20H28O7/c1-10(6-7-21)18(24)26-13-8-20(3)14(23)5-4-12(9-22)16(20)17-15(13)11(2)19(25)27-17/h9,11-17,21,23H,1,4-8H2,2-3H3/t11-,12+,13-,14+,15?,16?,17-,20-/m0/s1. The van der Waals surface area contributed by atoms with Gasteiger partial charge in [-0.05, 0) is 19.3 Å². The molecule has 2 aliphatic carbocycles. The first-order valence-electron chi connectivity index (χ1n) is 9.58. The third kappa shape index (κ3) is 3.21. The Balaban J connectivity index is 1.94. The average Bonchev–Trinajstić information content (AvgIpc) is 2.91. The van der Waals surface area contributed by atoms with Crippen molar-refractivity contribution < 1.29 is 34.1 Å². The lowest BCUT2D eigenvalue weighted by Crippen LogP contribution is -2.61. The van der Waals surface area contributed by atoms with Crippen molar-refractivity contribution in [3.8, 4) is 0 Å². The number of hydrogen-bond donors (Lipinski definition) is 2. The zero-order valence-corrected chi connectivity index (χ0v) is 15.8. The average molecular weight is 380 g/mol. The number of fused-ring (bicyclic) bond motifs is 3. The lowest BCUT2D eigenvalue weighted by atomic mass is 9.51. The zero-order valence-electron chi connectivity index (χ0n) is 15.8. The number of aldehydes is 1. The summed E-state index contributed by atoms with van der Waals surface area (Å²) in [6.07, 6.45) is 0.534. The van der Waals surface area contributed by atoms with Crippen LogP contribution in [-0.2, 0) is 23.9 Å². The molecule has 2 N–H and O–H groups in total. The second kappa shape index (κ2) is 7.36. The molecule has 0 aromatic carbocycles. The Kier molecular flexibility index (Phi) is 5.45. The van der Waals surface area contributed by atoms with Gasteiger partial charge >= 0.3 is 11.9 Å². The van der Waals surface area contributed by atoms with E-state index < -0.39 is 35.6 Å². The molecule has 0 bridgehead atoms. The van der Waals surface area contributed by atoms with Crippen molar-refractivity contribution in [1.82, 2.24) is 0 Å². The summed E-state index contributed by atoms with van der Waals surface area (Å²) in [5, 5.41) is 19.7. The van der Waals surface area contributed by atoms with Crippen LogP contribution in [0.1, 0.15) is 39.5 Å². The minimum absolute atomic E-state index is 0.111. The highest BCUT2D eigenvalue weighted by molar-refractivity contribution is 5.88. The molecular formula is C20H28O7. The van der Waals surface area contributed by atoms with Crippen molar-refractivity contribution in [2.45, 2.75) is 57.8 Å². The van der Waals surface area contributed by atoms with E-state index in [1.54, 1.807) is 6.92 Å². The predicted molar refractivity (Wildman–Crippen MR) is 94.3 cm³/mol. The molecule has 0 amide bonds. The lowest BCUT2D eigenvalue weighted by molar-refractivity contribution is -0.196. The van der Waals surface area contributed by atoms with Gasteiger partial charge in [-0.3, -0.25) is 4.79 Å². The van der Waals surface area contributed by atoms with Crippen LogP contribution >= 0.6 is 0 Å². The van der Waals surface area contributed by atoms with E-state index in [1.165, 1.54) is 0 Å². The Morgan fingerprint density at radius 1 is 1.44 bits per heavy atom. The maximum Gasteiger partial charge on any atom is 0.333 e. The number of rotatable bonds is 5. The molecule has 1 heterocycles. The molecular weight excluding hydrogens is 352 g/mol. The van der Waals surface area contributed by atoms with Crippen molar-refractivity contribution in [3.63, 3.8) is 0 Å². The van der Waals surface area contributed by atoms with Gasteiger partial charge in [-0.15, -0.1) is 0 Å². The van der Waals surface area contributed by atoms with E-state index in [1.807, 2.05) is 6.92 Å². The van der Waals surface area contributed by atoms with Gasteiger partial charge in [0, 0.05) is 41.8 Å². The van der Waals surface area contributed by atoms with Crippen LogP contribution in [0.2, 0.25) is 0 Å². The van der Waals surface area contributed by atoms with Crippen LogP contribution < -0.4 is 0 Å². The van der Waals surface area contributed by atoms with Gasteiger partial charge in [0.05, 0.1) is 12.0 Å². The van der Waals surface area contributed by atoms with Crippen molar-refractivity contribution in [2.24, 2.45) is 29.1 Å². The maximum atomic E-state index is 12.4. The summed E-state index contributed by atoms with van der Waals surface area (Å²) >= 11 is 0. The summed E-state index contributed by atoms with van der Waals surface area (Å²) in [5.74, 6) is -2.41. The lowest BCUT2D eigenvalue weighted by Gasteiger charge is -2.55. The summed E-state index contributed by atoms with van der Waals surface area (Å²) < 4.78 is 11.3. The highest BCUT2D eigenvalue weighted by atomic mass is 16.6. The van der Waals surface area contributed by atoms with Crippen LogP contribution in [0.3, 0.4) is 0 Å². The van der Waals surface area contributed by atoms with Crippen molar-refractivity contribution in [1.29, 1.82) is 0 Å². The molecule has 0 aromatic rings. The number of aliphatic hydroxyl groups excluding tert-OH is 2. The highest BCUT2D eigenvalue weighted by Crippen LogP contribution is 2.58. The molecule has 3 rings (SSSR count). The van der Waals surface area contributed by atoms with Gasteiger partial charge in [0.1, 0.15) is 18.5 Å². The van der Waals surface area contributed by atoms with Crippen molar-refractivity contribution >= 4 is 18.2 Å². The van der Waals surface area contributed by atoms with E-state index in [0.29, 0.717) is 19.3 Å². The van der Waals surface area contributed by atoms with E-state index >= 15 is 0 Å². The monoisotopic (exact) mass is 380 g/mol. The molecule has 7 heteroatoms. The van der Waals surface area contributed by atoms with Crippen LogP contribution in [0, 0.1) is 29.1 Å². The van der Waals surface area contributed by atoms with E-state index in [9.17, 15) is 19.5 Å². The first-order valence-corrected chi connectivity index (χ1v) is 9.58. The van der Waals surface area contributed by atoms with Gasteiger partial charge in [-0.25, -0.2) is 4.79 Å². The summed E-state index contributed by atoms with van der Waals surface area (Å²) in [5.41, 5.74) is -0.535. The smallest absolute Gasteiger partial charge is 0.333 e. The first-order chi connectivity index (χ1) is 12.7. The molecule has 2 saturated carbocycles. The van der Waals surface area contributed by atoms with E-state index in [0.717, 1.165) is 6.29 Å². The van der Waals surface area contributed by atoms with E-state index in [-0.39, 0.29) is 42.3 Å². The largest absolute Gasteiger partial charge is 0.461 e. The molecule has 1 aliphatic heterocycles. The molecule has 7 nitrogen and oxygen atoms in total. The third-order valence-electron chi connectivity index (χ3n) is 6.90. The number of aliphatic hydroxyl groups is 2. The molecule has 3 aliphatic rings. The predicted octanol–water partition coefficient (Wildman–Crippen LogP) is 1.01. The highest BCUT2D eigenvalue weighted by Gasteiger charge is 2.64. The van der Waals surface area contributed by atoms with Crippen LogP contribution in [0.15, 0.2) is 12.2 Å². The quantitative estimate of drug-likeness (QED) is 0.416. The fraction of sp³-hybridized carbons (Fsp3) is 0.750. The topological polar surface area (TPSA) is 110 Å². The Morgan fingerprint density at radius 3 is 2.78 bits per heavy atom. The Bertz CT molecular complexity index is 644. The summed E-state index contributed by atoms with van der Waals surface area (Å²) in [6.45, 7) is 7.06. The fourth-order valence-electron chi connectivity index (χ4n) is 5.37. The number of hydrogen-bond acceptors (Lipinski definition) is 7. The van der Waals surface area contributed by atoms with Crippen LogP contribution in [-0.4, -0.2) is 53.4 Å². The Labute approximate surface area is 158 Å². The van der Waals surface area contributed by atoms with Gasteiger partial charge in [0.25, 0.3) is 0 Å². The summed E-state index contributed by atoms with van der Waals surface area (Å²) in [7, 11) is 0. The van der Waals surface area contributed by atoms with E-state index in [2.05, 4.69) is 6.58 Å². The van der Waals surface area contributed by atoms with Gasteiger partial charge in [0.2, 0.25) is 0 Å². The molecule has 8 atom stereocenters. The van der Waals surface area contributed by atoms with Gasteiger partial charge in [0.15, 0.2) is 0 Å². The molecule has 2 unspecified atom stereocenters. The number of carbonyl (C=O) groups excluding carboxylic acids is 3. The second-order valence-corrected chi connectivity index (χ2v) is 8.42. The molecule has 150 valence electrons.